The Hall–Kier alpha value is -2.04. The minimum atomic E-state index is -0.627. The number of anilines is 1. The Morgan fingerprint density at radius 1 is 1.11 bits per heavy atom. The fraction of sp³-hybridized carbons (Fsp3) is 0.231. The molecule has 0 saturated carbocycles. The minimum absolute atomic E-state index is 0.114. The number of hydrogen-bond donors (Lipinski definition) is 1. The van der Waals surface area contributed by atoms with E-state index >= 15 is 0 Å². The second kappa shape index (κ2) is 4.68. The van der Waals surface area contributed by atoms with Crippen LogP contribution in [0.15, 0.2) is 18.2 Å². The zero-order valence-corrected chi connectivity index (χ0v) is 10.4. The van der Waals surface area contributed by atoms with Crippen LogP contribution in [-0.4, -0.2) is 17.0 Å². The topological polar surface area (TPSA) is 37.8 Å². The van der Waals surface area contributed by atoms with Gasteiger partial charge in [0, 0.05) is 13.1 Å². The van der Waals surface area contributed by atoms with E-state index in [1.54, 1.807) is 20.9 Å². The molecule has 0 spiro atoms. The molecule has 0 radical (unpaired) electrons. The summed E-state index contributed by atoms with van der Waals surface area (Å²) in [5.41, 5.74) is 0.510. The fourth-order valence-electron chi connectivity index (χ4n) is 1.72. The number of benzene rings is 1. The number of nitrogens with zero attached hydrogens (tertiary/aromatic N) is 2. The van der Waals surface area contributed by atoms with Crippen molar-refractivity contribution in [2.45, 2.75) is 13.8 Å². The van der Waals surface area contributed by atoms with Gasteiger partial charge in [-0.25, -0.2) is 18.7 Å². The smallest absolute Gasteiger partial charge is 0.138 e. The van der Waals surface area contributed by atoms with Gasteiger partial charge >= 0.3 is 0 Å². The Kier molecular flexibility index (Phi) is 3.23. The predicted molar refractivity (Wildman–Crippen MR) is 66.4 cm³/mol. The summed E-state index contributed by atoms with van der Waals surface area (Å²) in [4.78, 5) is 8.18. The first-order chi connectivity index (χ1) is 8.52. The van der Waals surface area contributed by atoms with E-state index in [4.69, 9.17) is 0 Å². The van der Waals surface area contributed by atoms with Crippen molar-refractivity contribution in [2.24, 2.45) is 0 Å². The van der Waals surface area contributed by atoms with Crippen molar-refractivity contribution in [1.29, 1.82) is 0 Å². The molecule has 1 N–H and O–H groups in total. The zero-order chi connectivity index (χ0) is 13.3. The molecular weight excluding hydrogens is 236 g/mol. The number of nitrogens with one attached hydrogen (secondary N) is 1. The molecule has 94 valence electrons. The summed E-state index contributed by atoms with van der Waals surface area (Å²) >= 11 is 0. The molecule has 18 heavy (non-hydrogen) atoms. The van der Waals surface area contributed by atoms with Crippen molar-refractivity contribution >= 4 is 5.82 Å². The highest BCUT2D eigenvalue weighted by atomic mass is 19.1. The molecule has 3 nitrogen and oxygen atoms in total. The molecule has 0 aliphatic carbocycles. The molecular formula is C13H13F2N3. The first-order valence-corrected chi connectivity index (χ1v) is 5.51. The summed E-state index contributed by atoms with van der Waals surface area (Å²) in [6.07, 6.45) is 0. The maximum absolute atomic E-state index is 14.0. The number of aryl methyl sites for hydroxylation is 2. The van der Waals surface area contributed by atoms with Crippen molar-refractivity contribution in [1.82, 2.24) is 9.97 Å². The molecule has 0 aliphatic rings. The molecule has 0 aliphatic heterocycles. The first-order valence-electron chi connectivity index (χ1n) is 5.51. The lowest BCUT2D eigenvalue weighted by atomic mass is 10.1. The standard InChI is InChI=1S/C13H13F2N3/c1-7-4-5-9(14)12(13(7)15)10-6-11(16-3)18-8(2)17-10/h4-6H,1-3H3,(H,16,17,18). The quantitative estimate of drug-likeness (QED) is 0.888. The normalized spacial score (nSPS) is 10.5. The summed E-state index contributed by atoms with van der Waals surface area (Å²) in [7, 11) is 1.69. The highest BCUT2D eigenvalue weighted by molar-refractivity contribution is 5.64. The third-order valence-electron chi connectivity index (χ3n) is 2.63. The molecule has 2 rings (SSSR count). The molecule has 1 aromatic heterocycles. The summed E-state index contributed by atoms with van der Waals surface area (Å²) in [5, 5.41) is 2.84. The number of hydrogen-bond acceptors (Lipinski definition) is 3. The van der Waals surface area contributed by atoms with Crippen LogP contribution in [-0.2, 0) is 0 Å². The van der Waals surface area contributed by atoms with Gasteiger partial charge in [-0.3, -0.25) is 0 Å². The van der Waals surface area contributed by atoms with E-state index in [0.717, 1.165) is 0 Å². The van der Waals surface area contributed by atoms with Gasteiger partial charge < -0.3 is 5.32 Å². The van der Waals surface area contributed by atoms with Crippen molar-refractivity contribution in [2.75, 3.05) is 12.4 Å². The van der Waals surface area contributed by atoms with Gasteiger partial charge in [0.2, 0.25) is 0 Å². The van der Waals surface area contributed by atoms with E-state index in [0.29, 0.717) is 17.2 Å². The lowest BCUT2D eigenvalue weighted by Gasteiger charge is -2.09. The van der Waals surface area contributed by atoms with E-state index in [-0.39, 0.29) is 11.3 Å². The number of aromatic nitrogens is 2. The molecule has 0 unspecified atom stereocenters. The number of halogens is 2. The molecule has 0 saturated heterocycles. The average Bonchev–Trinajstić information content (AvgIpc) is 2.34. The monoisotopic (exact) mass is 249 g/mol. The summed E-state index contributed by atoms with van der Waals surface area (Å²) in [6.45, 7) is 3.27. The van der Waals surface area contributed by atoms with Crippen LogP contribution in [0.2, 0.25) is 0 Å². The van der Waals surface area contributed by atoms with Crippen LogP contribution in [0, 0.1) is 25.5 Å². The van der Waals surface area contributed by atoms with E-state index in [9.17, 15) is 8.78 Å². The van der Waals surface area contributed by atoms with Crippen molar-refractivity contribution in [3.63, 3.8) is 0 Å². The van der Waals surface area contributed by atoms with Crippen molar-refractivity contribution in [3.05, 3.63) is 41.2 Å². The van der Waals surface area contributed by atoms with E-state index in [1.807, 2.05) is 0 Å². The molecule has 1 heterocycles. The summed E-state index contributed by atoms with van der Waals surface area (Å²) < 4.78 is 27.8. The minimum Gasteiger partial charge on any atom is -0.373 e. The highest BCUT2D eigenvalue weighted by Crippen LogP contribution is 2.27. The lowest BCUT2D eigenvalue weighted by molar-refractivity contribution is 0.582. The van der Waals surface area contributed by atoms with Gasteiger partial charge in [-0.1, -0.05) is 6.07 Å². The van der Waals surface area contributed by atoms with Crippen LogP contribution in [0.4, 0.5) is 14.6 Å². The molecule has 0 atom stereocenters. The van der Waals surface area contributed by atoms with Crippen LogP contribution in [0.3, 0.4) is 0 Å². The fourth-order valence-corrected chi connectivity index (χ4v) is 1.72. The molecule has 5 heteroatoms. The van der Waals surface area contributed by atoms with Gasteiger partial charge in [0.15, 0.2) is 0 Å². The van der Waals surface area contributed by atoms with Crippen molar-refractivity contribution in [3.8, 4) is 11.3 Å². The van der Waals surface area contributed by atoms with Gasteiger partial charge in [0.05, 0.1) is 11.3 Å². The second-order valence-electron chi connectivity index (χ2n) is 3.99. The predicted octanol–water partition coefficient (Wildman–Crippen LogP) is 3.08. The largest absolute Gasteiger partial charge is 0.373 e. The average molecular weight is 249 g/mol. The van der Waals surface area contributed by atoms with Crippen LogP contribution in [0.25, 0.3) is 11.3 Å². The second-order valence-corrected chi connectivity index (χ2v) is 3.99. The van der Waals surface area contributed by atoms with E-state index in [2.05, 4.69) is 15.3 Å². The van der Waals surface area contributed by atoms with Gasteiger partial charge in [-0.15, -0.1) is 0 Å². The van der Waals surface area contributed by atoms with Crippen LogP contribution in [0.1, 0.15) is 11.4 Å². The van der Waals surface area contributed by atoms with Crippen LogP contribution < -0.4 is 5.32 Å². The summed E-state index contributed by atoms with van der Waals surface area (Å²) in [6, 6.07) is 4.17. The Morgan fingerprint density at radius 2 is 1.83 bits per heavy atom. The Morgan fingerprint density at radius 3 is 2.50 bits per heavy atom. The number of rotatable bonds is 2. The Labute approximate surface area is 104 Å². The zero-order valence-electron chi connectivity index (χ0n) is 10.4. The molecule has 0 amide bonds. The maximum Gasteiger partial charge on any atom is 0.138 e. The van der Waals surface area contributed by atoms with E-state index in [1.165, 1.54) is 18.2 Å². The van der Waals surface area contributed by atoms with Gasteiger partial charge in [-0.05, 0) is 25.5 Å². The summed E-state index contributed by atoms with van der Waals surface area (Å²) in [5.74, 6) is -0.233. The van der Waals surface area contributed by atoms with Crippen LogP contribution in [0.5, 0.6) is 0 Å². The molecule has 1 aromatic carbocycles. The van der Waals surface area contributed by atoms with E-state index < -0.39 is 11.6 Å². The molecule has 0 bridgehead atoms. The highest BCUT2D eigenvalue weighted by Gasteiger charge is 2.16. The molecule has 0 fully saturated rings. The Bertz CT molecular complexity index is 597. The SMILES string of the molecule is CNc1cc(-c2c(F)ccc(C)c2F)nc(C)n1. The third-order valence-corrected chi connectivity index (χ3v) is 2.63. The van der Waals surface area contributed by atoms with Crippen LogP contribution >= 0.6 is 0 Å². The van der Waals surface area contributed by atoms with Crippen molar-refractivity contribution < 1.29 is 8.78 Å². The Balaban J connectivity index is 2.69. The lowest BCUT2D eigenvalue weighted by Crippen LogP contribution is -2.01. The van der Waals surface area contributed by atoms with Gasteiger partial charge in [0.1, 0.15) is 23.3 Å². The molecule has 2 aromatic rings. The third kappa shape index (κ3) is 2.16. The first kappa shape index (κ1) is 12.4. The van der Waals surface area contributed by atoms with Gasteiger partial charge in [0.25, 0.3) is 0 Å². The van der Waals surface area contributed by atoms with Gasteiger partial charge in [-0.2, -0.15) is 0 Å². The maximum atomic E-state index is 14.0.